The lowest BCUT2D eigenvalue weighted by molar-refractivity contribution is -0.150. The van der Waals surface area contributed by atoms with Gasteiger partial charge in [0.25, 0.3) is 0 Å². The zero-order valence-corrected chi connectivity index (χ0v) is 38.3. The van der Waals surface area contributed by atoms with Crippen LogP contribution >= 0.6 is 0 Å². The molecule has 0 aromatic carbocycles. The molecule has 2 amide bonds. The van der Waals surface area contributed by atoms with Gasteiger partial charge in [-0.3, -0.25) is 14.4 Å². The second-order valence-electron chi connectivity index (χ2n) is 15.1. The van der Waals surface area contributed by atoms with E-state index in [1.54, 1.807) is 0 Å². The number of aliphatic hydroxyl groups excluding tert-OH is 1. The molecule has 0 aromatic rings. The maximum atomic E-state index is 12.8. The van der Waals surface area contributed by atoms with Crippen LogP contribution in [0.3, 0.4) is 0 Å². The van der Waals surface area contributed by atoms with Crippen molar-refractivity contribution in [1.82, 2.24) is 10.6 Å². The van der Waals surface area contributed by atoms with E-state index in [1.807, 2.05) is 0 Å². The van der Waals surface area contributed by atoms with Gasteiger partial charge in [0.1, 0.15) is 12.1 Å². The van der Waals surface area contributed by atoms with E-state index < -0.39 is 24.5 Å². The van der Waals surface area contributed by atoms with Crippen molar-refractivity contribution in [3.63, 3.8) is 0 Å². The second-order valence-corrected chi connectivity index (χ2v) is 15.1. The highest BCUT2D eigenvalue weighted by atomic mass is 16.5. The molecule has 0 bridgehead atoms. The number of aliphatic hydroxyl groups is 1. The Morgan fingerprint density at radius 2 is 0.903 bits per heavy atom. The summed E-state index contributed by atoms with van der Waals surface area (Å²) in [5, 5.41) is 22.6. The lowest BCUT2D eigenvalue weighted by Gasteiger charge is -2.17. The van der Waals surface area contributed by atoms with Gasteiger partial charge in [0.2, 0.25) is 11.8 Å². The molecule has 9 nitrogen and oxygen atoms in total. The number of carbonyl (C=O) groups excluding carboxylic acids is 3. The molecule has 0 radical (unpaired) electrons. The number of allylic oxidation sites excluding steroid dienone is 20. The minimum atomic E-state index is -1.40. The third kappa shape index (κ3) is 42.0. The molecule has 0 aliphatic heterocycles. The van der Waals surface area contributed by atoms with Gasteiger partial charge in [0.15, 0.2) is 0 Å². The van der Waals surface area contributed by atoms with E-state index in [9.17, 15) is 19.2 Å². The summed E-state index contributed by atoms with van der Waals surface area (Å²) in [4.78, 5) is 47.7. The number of carboxylic acids is 1. The SMILES string of the molecule is CC/C=C\C/C=C\C/C=C\C/C=C\C/C=C\C/C=C\CCCCC(=O)OC(CC/C=C\C/C=C\C/C=C\C/C=C\CC)CCCCCCCC(=O)NCC(=O)NC(CO)C(=O)O. The molecule has 0 spiro atoms. The second kappa shape index (κ2) is 45.8. The highest BCUT2D eigenvalue weighted by Gasteiger charge is 2.19. The third-order valence-corrected chi connectivity index (χ3v) is 9.46. The molecule has 0 fully saturated rings. The average Bonchev–Trinajstić information content (AvgIpc) is 3.26. The lowest BCUT2D eigenvalue weighted by atomic mass is 10.0. The first-order valence-electron chi connectivity index (χ1n) is 23.4. The topological polar surface area (TPSA) is 142 Å². The molecule has 0 rings (SSSR count). The summed E-state index contributed by atoms with van der Waals surface area (Å²) in [5.74, 6) is -2.42. The molecule has 0 aliphatic rings. The number of unbranched alkanes of at least 4 members (excludes halogenated alkanes) is 6. The number of nitrogens with one attached hydrogen (secondary N) is 2. The van der Waals surface area contributed by atoms with E-state index in [1.165, 1.54) is 0 Å². The van der Waals surface area contributed by atoms with E-state index in [2.05, 4.69) is 146 Å². The van der Waals surface area contributed by atoms with Crippen LogP contribution in [0.25, 0.3) is 0 Å². The first-order valence-corrected chi connectivity index (χ1v) is 23.4. The van der Waals surface area contributed by atoms with Crippen LogP contribution in [0.2, 0.25) is 0 Å². The Hall–Kier alpha value is -4.76. The Morgan fingerprint density at radius 3 is 1.37 bits per heavy atom. The predicted octanol–water partition coefficient (Wildman–Crippen LogP) is 12.2. The van der Waals surface area contributed by atoms with Crippen LogP contribution < -0.4 is 10.6 Å². The van der Waals surface area contributed by atoms with E-state index in [0.29, 0.717) is 12.8 Å². The van der Waals surface area contributed by atoms with Crippen molar-refractivity contribution in [2.75, 3.05) is 13.2 Å². The van der Waals surface area contributed by atoms with Crippen LogP contribution in [0.5, 0.6) is 0 Å². The fourth-order valence-electron chi connectivity index (χ4n) is 5.94. The normalized spacial score (nSPS) is 13.6. The molecule has 0 aliphatic carbocycles. The van der Waals surface area contributed by atoms with Gasteiger partial charge >= 0.3 is 11.9 Å². The monoisotopic (exact) mass is 859 g/mol. The number of rotatable bonds is 40. The summed E-state index contributed by atoms with van der Waals surface area (Å²) < 4.78 is 5.98. The minimum Gasteiger partial charge on any atom is -0.480 e. The largest absolute Gasteiger partial charge is 0.480 e. The number of hydrogen-bond acceptors (Lipinski definition) is 6. The van der Waals surface area contributed by atoms with Crippen molar-refractivity contribution in [3.8, 4) is 0 Å². The third-order valence-electron chi connectivity index (χ3n) is 9.46. The number of esters is 1. The highest BCUT2D eigenvalue weighted by Crippen LogP contribution is 2.16. The van der Waals surface area contributed by atoms with Crippen molar-refractivity contribution in [2.24, 2.45) is 0 Å². The van der Waals surface area contributed by atoms with E-state index in [4.69, 9.17) is 14.9 Å². The van der Waals surface area contributed by atoms with Crippen molar-refractivity contribution < 1.29 is 34.1 Å². The number of hydrogen-bond donors (Lipinski definition) is 4. The van der Waals surface area contributed by atoms with Gasteiger partial charge in [-0.2, -0.15) is 0 Å². The van der Waals surface area contributed by atoms with Gasteiger partial charge in [-0.15, -0.1) is 0 Å². The van der Waals surface area contributed by atoms with Crippen LogP contribution in [0.1, 0.15) is 162 Å². The summed E-state index contributed by atoms with van der Waals surface area (Å²) in [5.41, 5.74) is 0. The molecule has 2 unspecified atom stereocenters. The number of aliphatic carboxylic acids is 1. The maximum Gasteiger partial charge on any atom is 0.328 e. The summed E-state index contributed by atoms with van der Waals surface area (Å²) in [6, 6.07) is -1.40. The number of ether oxygens (including phenoxy) is 1. The van der Waals surface area contributed by atoms with E-state index in [-0.39, 0.29) is 30.9 Å². The van der Waals surface area contributed by atoms with Gasteiger partial charge in [-0.1, -0.05) is 155 Å². The molecule has 9 heteroatoms. The molecule has 0 aromatic heterocycles. The van der Waals surface area contributed by atoms with Crippen molar-refractivity contribution in [3.05, 3.63) is 122 Å². The Balaban J connectivity index is 4.51. The highest BCUT2D eigenvalue weighted by molar-refractivity contribution is 5.87. The van der Waals surface area contributed by atoms with Gasteiger partial charge < -0.3 is 25.6 Å². The Morgan fingerprint density at radius 1 is 0.484 bits per heavy atom. The molecular weight excluding hydrogens is 777 g/mol. The molecule has 0 saturated heterocycles. The molecule has 2 atom stereocenters. The molecule has 0 saturated carbocycles. The van der Waals surface area contributed by atoms with Crippen LogP contribution in [-0.4, -0.2) is 59.3 Å². The standard InChI is InChI=1S/C53H82N2O7/c1-3-5-7-9-11-13-15-17-18-19-20-21-22-23-24-26-28-30-32-37-41-45-52(59)62-48(42-38-34-31-29-27-25-16-14-12-10-8-6-4-2)43-39-35-33-36-40-44-50(57)54-46-51(58)55-49(47-56)53(60)61/h5-8,11-14,17-18,20-21,23-25,27-28,30-31,34,48-49,56H,3-4,9-10,15-16,19,22,26,29,32-33,35-47H2,1-2H3,(H,54,57)(H,55,58)(H,60,61)/b7-5-,8-6-,13-11-,14-12-,18-17-,21-20-,24-23-,27-25-,30-28-,34-31-. The quantitative estimate of drug-likeness (QED) is 0.0273. The van der Waals surface area contributed by atoms with Gasteiger partial charge in [-0.25, -0.2) is 4.79 Å². The Labute approximate surface area is 375 Å². The van der Waals surface area contributed by atoms with E-state index in [0.717, 1.165) is 128 Å². The number of carboxylic acid groups (broad SMARTS) is 1. The smallest absolute Gasteiger partial charge is 0.328 e. The predicted molar refractivity (Wildman–Crippen MR) is 258 cm³/mol. The van der Waals surface area contributed by atoms with Crippen LogP contribution in [-0.2, 0) is 23.9 Å². The zero-order chi connectivity index (χ0) is 45.4. The van der Waals surface area contributed by atoms with Crippen LogP contribution in [0, 0.1) is 0 Å². The summed E-state index contributed by atoms with van der Waals surface area (Å²) in [7, 11) is 0. The maximum absolute atomic E-state index is 12.8. The van der Waals surface area contributed by atoms with Crippen molar-refractivity contribution in [1.29, 1.82) is 0 Å². The fraction of sp³-hybridized carbons (Fsp3) is 0.547. The first kappa shape index (κ1) is 57.2. The van der Waals surface area contributed by atoms with Gasteiger partial charge in [0, 0.05) is 12.8 Å². The summed E-state index contributed by atoms with van der Waals surface area (Å²) in [6.45, 7) is 3.22. The summed E-state index contributed by atoms with van der Waals surface area (Å²) in [6.07, 6.45) is 63.7. The van der Waals surface area contributed by atoms with Crippen molar-refractivity contribution >= 4 is 23.8 Å². The Bertz CT molecular complexity index is 1450. The molecule has 4 N–H and O–H groups in total. The zero-order valence-electron chi connectivity index (χ0n) is 38.3. The van der Waals surface area contributed by atoms with Crippen LogP contribution in [0.15, 0.2) is 122 Å². The molecule has 62 heavy (non-hydrogen) atoms. The summed E-state index contributed by atoms with van der Waals surface area (Å²) >= 11 is 0. The molecule has 346 valence electrons. The average molecular weight is 859 g/mol. The van der Waals surface area contributed by atoms with E-state index >= 15 is 0 Å². The molecular formula is C53H82N2O7. The number of amides is 2. The number of carbonyl (C=O) groups is 4. The molecule has 0 heterocycles. The Kier molecular flexibility index (Phi) is 42.2. The minimum absolute atomic E-state index is 0.124. The van der Waals surface area contributed by atoms with Gasteiger partial charge in [0.05, 0.1) is 13.2 Å². The lowest BCUT2D eigenvalue weighted by Crippen LogP contribution is -2.47. The van der Waals surface area contributed by atoms with Crippen molar-refractivity contribution in [2.45, 2.75) is 174 Å². The first-order chi connectivity index (χ1) is 30.3. The van der Waals surface area contributed by atoms with Gasteiger partial charge in [-0.05, 0) is 116 Å². The fourth-order valence-corrected chi connectivity index (χ4v) is 5.94. The van der Waals surface area contributed by atoms with Crippen LogP contribution in [0.4, 0.5) is 0 Å².